The third kappa shape index (κ3) is 2.61. The van der Waals surface area contributed by atoms with Crippen LogP contribution in [0.5, 0.6) is 0 Å². The molecule has 0 bridgehead atoms. The normalized spacial score (nSPS) is 47.7. The molecule has 2 aliphatic carbocycles. The summed E-state index contributed by atoms with van der Waals surface area (Å²) in [5, 5.41) is 11.9. The van der Waals surface area contributed by atoms with E-state index < -0.39 is 81.8 Å². The van der Waals surface area contributed by atoms with Crippen molar-refractivity contribution in [2.75, 3.05) is 7.11 Å². The standard InChI is InChI=1S/C26H32O9/c1-11-13-8-17(28)35-23(3,4)14(13)9-16(27)25(6)15(11)10-24(5)18-20(34-21(24)30)33-12(2)19(29)26(18,25)22(31)32-7/h8-9,11-12,15-16,18,20,27H,10H2,1-7H3. The van der Waals surface area contributed by atoms with E-state index in [2.05, 4.69) is 0 Å². The van der Waals surface area contributed by atoms with E-state index in [1.54, 1.807) is 33.8 Å². The van der Waals surface area contributed by atoms with Gasteiger partial charge in [-0.15, -0.1) is 0 Å². The number of carbonyl (C=O) groups is 4. The second-order valence-corrected chi connectivity index (χ2v) is 11.5. The fourth-order valence-electron chi connectivity index (χ4n) is 7.90. The number of aliphatic hydroxyl groups is 1. The molecule has 0 spiro atoms. The van der Waals surface area contributed by atoms with E-state index in [0.717, 1.165) is 0 Å². The van der Waals surface area contributed by atoms with Crippen LogP contribution in [0.2, 0.25) is 0 Å². The number of hydrogen-bond donors (Lipinski definition) is 1. The predicted molar refractivity (Wildman–Crippen MR) is 119 cm³/mol. The summed E-state index contributed by atoms with van der Waals surface area (Å²) in [7, 11) is 1.20. The Morgan fingerprint density at radius 3 is 2.43 bits per heavy atom. The molecular formula is C26H32O9. The first-order chi connectivity index (χ1) is 16.2. The molecule has 3 heterocycles. The number of ketones is 1. The summed E-state index contributed by atoms with van der Waals surface area (Å²) in [4.78, 5) is 53.8. The molecule has 9 nitrogen and oxygen atoms in total. The van der Waals surface area contributed by atoms with Crippen LogP contribution in [0.25, 0.3) is 0 Å². The van der Waals surface area contributed by atoms with Crippen molar-refractivity contribution >= 4 is 23.7 Å². The van der Waals surface area contributed by atoms with Gasteiger partial charge in [0.1, 0.15) is 17.1 Å². The Labute approximate surface area is 203 Å². The quantitative estimate of drug-likeness (QED) is 0.334. The minimum atomic E-state index is -1.93. The molecule has 1 N–H and O–H groups in total. The Morgan fingerprint density at radius 2 is 1.80 bits per heavy atom. The van der Waals surface area contributed by atoms with Gasteiger partial charge in [0.2, 0.25) is 6.29 Å². The molecule has 1 saturated carbocycles. The number of aliphatic hydroxyl groups excluding tert-OH is 1. The van der Waals surface area contributed by atoms with Gasteiger partial charge in [-0.05, 0) is 63.2 Å². The van der Waals surface area contributed by atoms with Crippen molar-refractivity contribution < 1.29 is 43.2 Å². The highest BCUT2D eigenvalue weighted by atomic mass is 16.7. The van der Waals surface area contributed by atoms with E-state index in [0.29, 0.717) is 11.1 Å². The molecule has 3 fully saturated rings. The van der Waals surface area contributed by atoms with Gasteiger partial charge in [-0.2, -0.15) is 0 Å². The van der Waals surface area contributed by atoms with Crippen LogP contribution in [-0.4, -0.2) is 60.0 Å². The molecule has 9 atom stereocenters. The van der Waals surface area contributed by atoms with Crippen molar-refractivity contribution in [3.05, 3.63) is 23.3 Å². The zero-order chi connectivity index (χ0) is 25.9. The highest BCUT2D eigenvalue weighted by Gasteiger charge is 2.83. The molecule has 190 valence electrons. The zero-order valence-electron chi connectivity index (χ0n) is 21.0. The van der Waals surface area contributed by atoms with Crippen LogP contribution in [0.1, 0.15) is 48.0 Å². The monoisotopic (exact) mass is 488 g/mol. The summed E-state index contributed by atoms with van der Waals surface area (Å²) < 4.78 is 22.3. The van der Waals surface area contributed by atoms with E-state index in [4.69, 9.17) is 18.9 Å². The highest BCUT2D eigenvalue weighted by molar-refractivity contribution is 6.09. The van der Waals surface area contributed by atoms with E-state index in [-0.39, 0.29) is 6.42 Å². The smallest absolute Gasteiger partial charge is 0.331 e. The maximum Gasteiger partial charge on any atom is 0.331 e. The van der Waals surface area contributed by atoms with Gasteiger partial charge in [-0.25, -0.2) is 4.79 Å². The van der Waals surface area contributed by atoms with Gasteiger partial charge >= 0.3 is 17.9 Å². The minimum absolute atomic E-state index is 0.222. The fourth-order valence-corrected chi connectivity index (χ4v) is 7.90. The van der Waals surface area contributed by atoms with Crippen molar-refractivity contribution in [3.8, 4) is 0 Å². The van der Waals surface area contributed by atoms with Crippen LogP contribution >= 0.6 is 0 Å². The van der Waals surface area contributed by atoms with Crippen molar-refractivity contribution in [1.29, 1.82) is 0 Å². The molecule has 0 aromatic heterocycles. The SMILES string of the molecule is COC(=O)C12C(=O)C(C)OC3OC(=O)C(C)(CC4C(C)C5=CC(=O)OC(C)(C)C5=CC(O)C41C)C32. The number of cyclic esters (lactones) is 1. The molecular weight excluding hydrogens is 456 g/mol. The molecule has 5 aliphatic rings. The van der Waals surface area contributed by atoms with Crippen LogP contribution in [0.3, 0.4) is 0 Å². The molecule has 9 unspecified atom stereocenters. The van der Waals surface area contributed by atoms with Gasteiger partial charge in [0, 0.05) is 11.5 Å². The third-order valence-electron chi connectivity index (χ3n) is 9.60. The number of esters is 3. The minimum Gasteiger partial charge on any atom is -0.468 e. The molecule has 3 aliphatic heterocycles. The Bertz CT molecular complexity index is 1120. The number of carbonyl (C=O) groups excluding carboxylic acids is 4. The number of methoxy groups -OCH3 is 1. The summed E-state index contributed by atoms with van der Waals surface area (Å²) in [5.41, 5.74) is -4.33. The maximum atomic E-state index is 14.2. The second-order valence-electron chi connectivity index (χ2n) is 11.5. The molecule has 0 aromatic rings. The lowest BCUT2D eigenvalue weighted by Gasteiger charge is -2.63. The molecule has 2 saturated heterocycles. The number of Topliss-reactive ketones (excluding diaryl/α,β-unsaturated/α-hetero) is 1. The average Bonchev–Trinajstić information content (AvgIpc) is 2.98. The van der Waals surface area contributed by atoms with Gasteiger partial charge < -0.3 is 24.1 Å². The summed E-state index contributed by atoms with van der Waals surface area (Å²) in [6.07, 6.45) is -0.271. The van der Waals surface area contributed by atoms with Crippen molar-refractivity contribution in [3.63, 3.8) is 0 Å². The lowest BCUT2D eigenvalue weighted by molar-refractivity contribution is -0.264. The first kappa shape index (κ1) is 24.2. The summed E-state index contributed by atoms with van der Waals surface area (Å²) in [6, 6.07) is 0. The van der Waals surface area contributed by atoms with Crippen LogP contribution in [0.15, 0.2) is 23.3 Å². The Balaban J connectivity index is 1.87. The van der Waals surface area contributed by atoms with E-state index in [1.807, 2.05) is 6.92 Å². The molecule has 0 amide bonds. The number of hydrogen-bond acceptors (Lipinski definition) is 9. The molecule has 5 rings (SSSR count). The van der Waals surface area contributed by atoms with E-state index in [1.165, 1.54) is 20.1 Å². The number of rotatable bonds is 1. The van der Waals surface area contributed by atoms with E-state index >= 15 is 0 Å². The van der Waals surface area contributed by atoms with E-state index in [9.17, 15) is 24.3 Å². The van der Waals surface area contributed by atoms with Crippen molar-refractivity contribution in [1.82, 2.24) is 0 Å². The van der Waals surface area contributed by atoms with Crippen molar-refractivity contribution in [2.45, 2.75) is 72.1 Å². The largest absolute Gasteiger partial charge is 0.468 e. The lowest BCUT2D eigenvalue weighted by atomic mass is 9.38. The topological polar surface area (TPSA) is 125 Å². The van der Waals surface area contributed by atoms with Crippen LogP contribution in [0.4, 0.5) is 0 Å². The van der Waals surface area contributed by atoms with Gasteiger partial charge in [0.05, 0.1) is 24.5 Å². The molecule has 0 radical (unpaired) electrons. The van der Waals surface area contributed by atoms with Crippen LogP contribution in [-0.2, 0) is 38.1 Å². The molecule has 35 heavy (non-hydrogen) atoms. The van der Waals surface area contributed by atoms with Crippen molar-refractivity contribution in [2.24, 2.45) is 34.0 Å². The first-order valence-electron chi connectivity index (χ1n) is 12.0. The Morgan fingerprint density at radius 1 is 1.14 bits per heavy atom. The fraction of sp³-hybridized carbons (Fsp3) is 0.692. The molecule has 0 aromatic carbocycles. The Hall–Kier alpha value is -2.52. The van der Waals surface area contributed by atoms with Gasteiger partial charge in [0.15, 0.2) is 5.78 Å². The average molecular weight is 489 g/mol. The highest BCUT2D eigenvalue weighted by Crippen LogP contribution is 2.72. The summed E-state index contributed by atoms with van der Waals surface area (Å²) in [6.45, 7) is 10.3. The van der Waals surface area contributed by atoms with Crippen LogP contribution in [0, 0.1) is 34.0 Å². The predicted octanol–water partition coefficient (Wildman–Crippen LogP) is 1.86. The first-order valence-corrected chi connectivity index (χ1v) is 12.0. The Kier molecular flexibility index (Phi) is 4.86. The molecule has 9 heteroatoms. The van der Waals surface area contributed by atoms with Crippen LogP contribution < -0.4 is 0 Å². The summed E-state index contributed by atoms with van der Waals surface area (Å²) in [5.74, 6) is -4.39. The summed E-state index contributed by atoms with van der Waals surface area (Å²) >= 11 is 0. The third-order valence-corrected chi connectivity index (χ3v) is 9.60. The van der Waals surface area contributed by atoms with Gasteiger partial charge in [0.25, 0.3) is 0 Å². The number of ether oxygens (including phenoxy) is 4. The second kappa shape index (κ2) is 7.03. The zero-order valence-corrected chi connectivity index (χ0v) is 21.0. The maximum absolute atomic E-state index is 14.2. The van der Waals surface area contributed by atoms with Gasteiger partial charge in [-0.1, -0.05) is 13.8 Å². The number of fused-ring (bicyclic) bond motifs is 3. The lowest BCUT2D eigenvalue weighted by Crippen LogP contribution is -2.74. The van der Waals surface area contributed by atoms with Gasteiger partial charge in [-0.3, -0.25) is 14.4 Å².